The number of hydrogen-bond donors (Lipinski definition) is 2. The zero-order chi connectivity index (χ0) is 16.5. The Labute approximate surface area is 144 Å². The lowest BCUT2D eigenvalue weighted by molar-refractivity contribution is 0.0752. The van der Waals surface area contributed by atoms with Gasteiger partial charge < -0.3 is 11.1 Å². The highest BCUT2D eigenvalue weighted by molar-refractivity contribution is 7.13. The quantitative estimate of drug-likeness (QED) is 0.891. The van der Waals surface area contributed by atoms with Gasteiger partial charge in [-0.05, 0) is 37.5 Å². The van der Waals surface area contributed by atoms with E-state index in [2.05, 4.69) is 20.3 Å². The molecule has 2 saturated carbocycles. The normalized spacial score (nSPS) is 29.2. The fourth-order valence-electron chi connectivity index (χ4n) is 4.16. The largest absolute Gasteiger partial charge is 0.347 e. The van der Waals surface area contributed by atoms with E-state index in [9.17, 15) is 4.79 Å². The van der Waals surface area contributed by atoms with Crippen LogP contribution < -0.4 is 11.1 Å². The van der Waals surface area contributed by atoms with Gasteiger partial charge in [0.1, 0.15) is 16.4 Å². The molecule has 0 radical (unpaired) electrons. The van der Waals surface area contributed by atoms with Crippen LogP contribution in [0.25, 0.3) is 10.7 Å². The molecule has 0 saturated heterocycles. The van der Waals surface area contributed by atoms with Crippen molar-refractivity contribution in [1.29, 1.82) is 0 Å². The fourth-order valence-corrected chi connectivity index (χ4v) is 4.92. The van der Waals surface area contributed by atoms with Crippen LogP contribution in [0.3, 0.4) is 0 Å². The third-order valence-electron chi connectivity index (χ3n) is 5.19. The fraction of sp³-hybridized carbons (Fsp3) is 0.529. The van der Waals surface area contributed by atoms with Gasteiger partial charge in [0.2, 0.25) is 0 Å². The van der Waals surface area contributed by atoms with E-state index in [-0.39, 0.29) is 18.0 Å². The van der Waals surface area contributed by atoms with Gasteiger partial charge in [0.15, 0.2) is 0 Å². The molecule has 2 fully saturated rings. The smallest absolute Gasteiger partial charge is 0.271 e. The first-order chi connectivity index (χ1) is 11.7. The first-order valence-electron chi connectivity index (χ1n) is 8.49. The maximum absolute atomic E-state index is 12.6. The number of thiazole rings is 1. The first-order valence-corrected chi connectivity index (χ1v) is 9.37. The van der Waals surface area contributed by atoms with Crippen LogP contribution in [0.1, 0.15) is 42.6 Å². The third-order valence-corrected chi connectivity index (χ3v) is 6.06. The highest BCUT2D eigenvalue weighted by Gasteiger charge is 2.40. The first kappa shape index (κ1) is 15.7. The summed E-state index contributed by atoms with van der Waals surface area (Å²) in [6, 6.07) is 0.531. The molecular formula is C17H21N5OS. The molecule has 24 heavy (non-hydrogen) atoms. The molecule has 4 rings (SSSR count). The maximum Gasteiger partial charge on any atom is 0.271 e. The van der Waals surface area contributed by atoms with Crippen LogP contribution in [-0.2, 0) is 0 Å². The number of rotatable bonds is 3. The Morgan fingerprint density at radius 2 is 2.04 bits per heavy atom. The van der Waals surface area contributed by atoms with E-state index < -0.39 is 0 Å². The molecule has 2 aromatic rings. The van der Waals surface area contributed by atoms with Gasteiger partial charge in [-0.25, -0.2) is 4.98 Å². The number of nitrogens with one attached hydrogen (secondary N) is 1. The van der Waals surface area contributed by atoms with E-state index in [0.29, 0.717) is 23.2 Å². The van der Waals surface area contributed by atoms with E-state index in [4.69, 9.17) is 5.73 Å². The minimum absolute atomic E-state index is 0.0845. The van der Waals surface area contributed by atoms with Crippen LogP contribution in [0.5, 0.6) is 0 Å². The number of hydrogen-bond acceptors (Lipinski definition) is 6. The Balaban J connectivity index is 1.48. The van der Waals surface area contributed by atoms with Crippen molar-refractivity contribution in [1.82, 2.24) is 20.3 Å². The van der Waals surface area contributed by atoms with Crippen LogP contribution in [0.4, 0.5) is 0 Å². The third kappa shape index (κ3) is 3.06. The molecule has 3 N–H and O–H groups in total. The van der Waals surface area contributed by atoms with E-state index in [1.54, 1.807) is 24.0 Å². The number of carbonyl (C=O) groups is 1. The Morgan fingerprint density at radius 1 is 1.25 bits per heavy atom. The summed E-state index contributed by atoms with van der Waals surface area (Å²) in [6.07, 6.45) is 10.5. The molecule has 1 amide bonds. The Morgan fingerprint density at radius 3 is 2.75 bits per heavy atom. The molecule has 2 aliphatic carbocycles. The highest BCUT2D eigenvalue weighted by Crippen LogP contribution is 2.39. The average Bonchev–Trinajstić information content (AvgIpc) is 3.07. The topological polar surface area (TPSA) is 93.8 Å². The van der Waals surface area contributed by atoms with Gasteiger partial charge in [-0.1, -0.05) is 6.42 Å². The highest BCUT2D eigenvalue weighted by atomic mass is 32.1. The van der Waals surface area contributed by atoms with Crippen LogP contribution in [-0.4, -0.2) is 32.9 Å². The van der Waals surface area contributed by atoms with Gasteiger partial charge in [0.25, 0.3) is 5.91 Å². The maximum atomic E-state index is 12.6. The molecule has 6 nitrogen and oxygen atoms in total. The Kier molecular flexibility index (Phi) is 4.28. The number of amides is 1. The minimum Gasteiger partial charge on any atom is -0.347 e. The predicted molar refractivity (Wildman–Crippen MR) is 92.4 cm³/mol. The van der Waals surface area contributed by atoms with Crippen molar-refractivity contribution in [2.24, 2.45) is 17.6 Å². The minimum atomic E-state index is -0.0845. The summed E-state index contributed by atoms with van der Waals surface area (Å²) in [4.78, 5) is 25.3. The van der Waals surface area contributed by atoms with Crippen molar-refractivity contribution in [3.63, 3.8) is 0 Å². The molecule has 2 atom stereocenters. The molecule has 2 heterocycles. The Hall–Kier alpha value is -1.86. The number of aromatic nitrogens is 3. The molecule has 0 aliphatic heterocycles. The standard InChI is InChI=1S/C17H21N5OS/c18-12-6-10-2-1-3-11(7-12)15(10)22-16(23)14-9-24-17(21-14)13-8-19-4-5-20-13/h4-5,8-12,15H,1-3,6-7,18H2,(H,22,23). The number of fused-ring (bicyclic) bond motifs is 2. The van der Waals surface area contributed by atoms with Crippen molar-refractivity contribution < 1.29 is 4.79 Å². The van der Waals surface area contributed by atoms with E-state index in [1.807, 2.05) is 0 Å². The molecule has 2 unspecified atom stereocenters. The molecule has 126 valence electrons. The predicted octanol–water partition coefficient (Wildman–Crippen LogP) is 2.24. The lowest BCUT2D eigenvalue weighted by atomic mass is 9.67. The summed E-state index contributed by atoms with van der Waals surface area (Å²) in [5.74, 6) is 0.933. The van der Waals surface area contributed by atoms with Crippen LogP contribution >= 0.6 is 11.3 Å². The van der Waals surface area contributed by atoms with E-state index in [0.717, 1.165) is 30.7 Å². The lowest BCUT2D eigenvalue weighted by Crippen LogP contribution is -2.53. The zero-order valence-corrected chi connectivity index (χ0v) is 14.2. The summed E-state index contributed by atoms with van der Waals surface area (Å²) in [7, 11) is 0. The van der Waals surface area contributed by atoms with Crippen molar-refractivity contribution in [3.8, 4) is 10.7 Å². The van der Waals surface area contributed by atoms with Gasteiger partial charge >= 0.3 is 0 Å². The van der Waals surface area contributed by atoms with Crippen LogP contribution in [0.15, 0.2) is 24.0 Å². The number of nitrogens with zero attached hydrogens (tertiary/aromatic N) is 3. The van der Waals surface area contributed by atoms with Gasteiger partial charge in [0, 0.05) is 29.9 Å². The van der Waals surface area contributed by atoms with Crippen LogP contribution in [0.2, 0.25) is 0 Å². The summed E-state index contributed by atoms with van der Waals surface area (Å²) in [6.45, 7) is 0. The molecule has 2 aliphatic rings. The molecular weight excluding hydrogens is 322 g/mol. The van der Waals surface area contributed by atoms with Gasteiger partial charge in [-0.3, -0.25) is 14.8 Å². The SMILES string of the molecule is NC1CC2CCCC(C1)C2NC(=O)c1csc(-c2cnccn2)n1. The molecule has 0 spiro atoms. The van der Waals surface area contributed by atoms with Gasteiger partial charge in [-0.15, -0.1) is 11.3 Å². The molecule has 2 aromatic heterocycles. The van der Waals surface area contributed by atoms with Crippen molar-refractivity contribution in [2.45, 2.75) is 44.2 Å². The number of carbonyl (C=O) groups excluding carboxylic acids is 1. The van der Waals surface area contributed by atoms with E-state index >= 15 is 0 Å². The monoisotopic (exact) mass is 343 g/mol. The van der Waals surface area contributed by atoms with Crippen LogP contribution in [0, 0.1) is 11.8 Å². The summed E-state index contributed by atoms with van der Waals surface area (Å²) in [5.41, 5.74) is 7.32. The number of nitrogens with two attached hydrogens (primary N) is 1. The van der Waals surface area contributed by atoms with Crippen molar-refractivity contribution in [3.05, 3.63) is 29.7 Å². The van der Waals surface area contributed by atoms with Crippen molar-refractivity contribution >= 4 is 17.2 Å². The molecule has 0 aromatic carbocycles. The van der Waals surface area contributed by atoms with Crippen molar-refractivity contribution in [2.75, 3.05) is 0 Å². The summed E-state index contributed by atoms with van der Waals surface area (Å²) < 4.78 is 0. The molecule has 2 bridgehead atoms. The second-order valence-electron chi connectivity index (χ2n) is 6.81. The second kappa shape index (κ2) is 6.57. The average molecular weight is 343 g/mol. The summed E-state index contributed by atoms with van der Waals surface area (Å²) in [5, 5.41) is 5.75. The van der Waals surface area contributed by atoms with E-state index in [1.165, 1.54) is 17.8 Å². The zero-order valence-electron chi connectivity index (χ0n) is 13.4. The van der Waals surface area contributed by atoms with Gasteiger partial charge in [0.05, 0.1) is 6.20 Å². The molecule has 7 heteroatoms. The van der Waals surface area contributed by atoms with Gasteiger partial charge in [-0.2, -0.15) is 0 Å². The second-order valence-corrected chi connectivity index (χ2v) is 7.67. The summed E-state index contributed by atoms with van der Waals surface area (Å²) >= 11 is 1.42. The Bertz CT molecular complexity index is 705. The lowest BCUT2D eigenvalue weighted by Gasteiger charge is -2.45.